The van der Waals surface area contributed by atoms with Crippen LogP contribution in [0.3, 0.4) is 0 Å². The highest BCUT2D eigenvalue weighted by Crippen LogP contribution is 2.44. The summed E-state index contributed by atoms with van der Waals surface area (Å²) in [6.45, 7) is 0. The van der Waals surface area contributed by atoms with E-state index < -0.39 is 23.5 Å². The van der Waals surface area contributed by atoms with Gasteiger partial charge in [0.2, 0.25) is 0 Å². The summed E-state index contributed by atoms with van der Waals surface area (Å²) in [7, 11) is 1.41. The van der Waals surface area contributed by atoms with Crippen LogP contribution in [0.1, 0.15) is 11.1 Å². The van der Waals surface area contributed by atoms with Crippen LogP contribution in [0.15, 0.2) is 65.1 Å². The van der Waals surface area contributed by atoms with Gasteiger partial charge in [-0.2, -0.15) is 26.3 Å². The smallest absolute Gasteiger partial charge is 0.420 e. The minimum Gasteiger partial charge on any atom is -0.453 e. The average Bonchev–Trinajstić information content (AvgIpc) is 3.04. The Hall–Kier alpha value is -3.16. The molecule has 0 unspecified atom stereocenters. The van der Waals surface area contributed by atoms with E-state index >= 15 is 0 Å². The molecule has 0 N–H and O–H groups in total. The fourth-order valence-corrected chi connectivity index (χ4v) is 3.43. The molecule has 4 aromatic rings. The summed E-state index contributed by atoms with van der Waals surface area (Å²) in [6, 6.07) is 13.3. The molecule has 0 aliphatic rings. The van der Waals surface area contributed by atoms with Gasteiger partial charge in [0.05, 0.1) is 22.5 Å². The molecule has 4 rings (SSSR count). The molecule has 3 aromatic carbocycles. The van der Waals surface area contributed by atoms with E-state index in [0.29, 0.717) is 5.39 Å². The van der Waals surface area contributed by atoms with Gasteiger partial charge < -0.3 is 9.32 Å². The molecule has 0 saturated carbocycles. The molecule has 0 fully saturated rings. The molecule has 0 aliphatic carbocycles. The lowest BCUT2D eigenvalue weighted by Crippen LogP contribution is -2.16. The number of hydrogen-bond acceptors (Lipinski definition) is 2. The van der Waals surface area contributed by atoms with Crippen molar-refractivity contribution in [2.75, 3.05) is 11.9 Å². The summed E-state index contributed by atoms with van der Waals surface area (Å²) < 4.78 is 85.9. The first-order valence-corrected chi connectivity index (χ1v) is 8.50. The van der Waals surface area contributed by atoms with Gasteiger partial charge in [-0.3, -0.25) is 0 Å². The van der Waals surface area contributed by atoms with Gasteiger partial charge in [0.25, 0.3) is 0 Å². The summed E-state index contributed by atoms with van der Waals surface area (Å²) in [4.78, 5) is 1.26. The minimum absolute atomic E-state index is 0.0821. The second-order valence-electron chi connectivity index (χ2n) is 6.51. The minimum atomic E-state index is -4.62. The molecule has 1 heterocycles. The monoisotopic (exact) mass is 409 g/mol. The van der Waals surface area contributed by atoms with E-state index in [1.165, 1.54) is 48.3 Å². The van der Waals surface area contributed by atoms with Gasteiger partial charge in [0, 0.05) is 17.8 Å². The molecule has 0 aliphatic heterocycles. The third-order valence-corrected chi connectivity index (χ3v) is 4.74. The summed E-state index contributed by atoms with van der Waals surface area (Å²) in [5.74, 6) is 0. The highest BCUT2D eigenvalue weighted by Gasteiger charge is 2.36. The first kappa shape index (κ1) is 19.2. The average molecular weight is 409 g/mol. The van der Waals surface area contributed by atoms with Crippen molar-refractivity contribution in [2.24, 2.45) is 0 Å². The number of benzene rings is 3. The van der Waals surface area contributed by atoms with Crippen LogP contribution in [0.5, 0.6) is 0 Å². The molecule has 2 nitrogen and oxygen atoms in total. The van der Waals surface area contributed by atoms with Gasteiger partial charge in [-0.05, 0) is 24.3 Å². The molecule has 0 saturated heterocycles. The molecule has 29 heavy (non-hydrogen) atoms. The fraction of sp³-hybridized carbons (Fsp3) is 0.143. The maximum absolute atomic E-state index is 13.4. The Bertz CT molecular complexity index is 1210. The third kappa shape index (κ3) is 3.18. The lowest BCUT2D eigenvalue weighted by Gasteiger charge is -2.23. The Morgan fingerprint density at radius 2 is 1.14 bits per heavy atom. The van der Waals surface area contributed by atoms with E-state index in [1.807, 2.05) is 0 Å². The van der Waals surface area contributed by atoms with Crippen LogP contribution in [0, 0.1) is 0 Å². The van der Waals surface area contributed by atoms with E-state index in [4.69, 9.17) is 4.42 Å². The Balaban J connectivity index is 1.97. The first-order chi connectivity index (χ1) is 13.6. The van der Waals surface area contributed by atoms with E-state index in [9.17, 15) is 26.3 Å². The summed E-state index contributed by atoms with van der Waals surface area (Å²) in [5.41, 5.74) is -1.96. The third-order valence-electron chi connectivity index (χ3n) is 4.74. The summed E-state index contributed by atoms with van der Waals surface area (Å²) in [5, 5.41) is 0.633. The Morgan fingerprint density at radius 3 is 1.79 bits per heavy atom. The SMILES string of the molecule is CN(c1ccccc1C(F)(F)F)c1cccc2c1oc1c(C(F)(F)F)cccc12. The molecule has 8 heteroatoms. The van der Waals surface area contributed by atoms with Crippen LogP contribution in [-0.2, 0) is 12.4 Å². The normalized spacial score (nSPS) is 12.7. The summed E-state index contributed by atoms with van der Waals surface area (Å²) >= 11 is 0. The highest BCUT2D eigenvalue weighted by atomic mass is 19.4. The molecular formula is C21H13F6NO. The number of furan rings is 1. The predicted molar refractivity (Wildman–Crippen MR) is 98.2 cm³/mol. The topological polar surface area (TPSA) is 16.4 Å². The van der Waals surface area contributed by atoms with E-state index in [1.54, 1.807) is 12.1 Å². The van der Waals surface area contributed by atoms with Crippen LogP contribution < -0.4 is 4.90 Å². The molecule has 0 atom stereocenters. The van der Waals surface area contributed by atoms with Crippen molar-refractivity contribution in [1.29, 1.82) is 0 Å². The zero-order chi connectivity index (χ0) is 21.0. The van der Waals surface area contributed by atoms with Crippen LogP contribution >= 0.6 is 0 Å². The van der Waals surface area contributed by atoms with E-state index in [-0.39, 0.29) is 27.9 Å². The van der Waals surface area contributed by atoms with Crippen molar-refractivity contribution in [3.63, 3.8) is 0 Å². The van der Waals surface area contributed by atoms with Crippen LogP contribution in [-0.4, -0.2) is 7.05 Å². The van der Waals surface area contributed by atoms with Gasteiger partial charge in [0.1, 0.15) is 5.58 Å². The summed E-state index contributed by atoms with van der Waals surface area (Å²) in [6.07, 6.45) is -9.21. The fourth-order valence-electron chi connectivity index (χ4n) is 3.43. The first-order valence-electron chi connectivity index (χ1n) is 8.50. The van der Waals surface area contributed by atoms with Crippen molar-refractivity contribution >= 4 is 33.3 Å². The zero-order valence-electron chi connectivity index (χ0n) is 14.9. The van der Waals surface area contributed by atoms with E-state index in [0.717, 1.165) is 12.1 Å². The van der Waals surface area contributed by atoms with E-state index in [2.05, 4.69) is 0 Å². The maximum atomic E-state index is 13.4. The highest BCUT2D eigenvalue weighted by molar-refractivity contribution is 6.10. The Labute approximate surface area is 160 Å². The number of anilines is 2. The van der Waals surface area contributed by atoms with Crippen LogP contribution in [0.2, 0.25) is 0 Å². The number of para-hydroxylation sites is 3. The number of hydrogen-bond donors (Lipinski definition) is 0. The lowest BCUT2D eigenvalue weighted by atomic mass is 10.1. The van der Waals surface area contributed by atoms with Crippen molar-refractivity contribution in [1.82, 2.24) is 0 Å². The number of alkyl halides is 6. The van der Waals surface area contributed by atoms with Gasteiger partial charge in [0.15, 0.2) is 5.58 Å². The number of halogens is 6. The largest absolute Gasteiger partial charge is 0.453 e. The maximum Gasteiger partial charge on any atom is 0.420 e. The Morgan fingerprint density at radius 1 is 0.621 bits per heavy atom. The molecule has 0 amide bonds. The second kappa shape index (κ2) is 6.43. The van der Waals surface area contributed by atoms with Crippen molar-refractivity contribution in [3.8, 4) is 0 Å². The van der Waals surface area contributed by atoms with Gasteiger partial charge >= 0.3 is 12.4 Å². The van der Waals surface area contributed by atoms with Crippen LogP contribution in [0.25, 0.3) is 21.9 Å². The van der Waals surface area contributed by atoms with Gasteiger partial charge in [-0.1, -0.05) is 36.4 Å². The molecule has 1 aromatic heterocycles. The standard InChI is InChI=1S/C21H13F6NO/c1-28(16-10-3-2-8-14(16)20(22,23)24)17-11-5-7-13-12-6-4-9-15(21(25,26)27)18(12)29-19(13)17/h2-11H,1H3. The Kier molecular flexibility index (Phi) is 4.25. The van der Waals surface area contributed by atoms with Crippen molar-refractivity contribution < 1.29 is 30.8 Å². The van der Waals surface area contributed by atoms with Crippen LogP contribution in [0.4, 0.5) is 37.7 Å². The second-order valence-corrected chi connectivity index (χ2v) is 6.51. The lowest BCUT2D eigenvalue weighted by molar-refractivity contribution is -0.137. The molecule has 0 radical (unpaired) electrons. The van der Waals surface area contributed by atoms with Crippen molar-refractivity contribution in [2.45, 2.75) is 12.4 Å². The number of fused-ring (bicyclic) bond motifs is 3. The molecule has 0 bridgehead atoms. The van der Waals surface area contributed by atoms with Gasteiger partial charge in [-0.25, -0.2) is 0 Å². The van der Waals surface area contributed by atoms with Crippen molar-refractivity contribution in [3.05, 3.63) is 71.8 Å². The molecule has 150 valence electrons. The quantitative estimate of drug-likeness (QED) is 0.321. The zero-order valence-corrected chi connectivity index (χ0v) is 14.9. The number of nitrogens with zero attached hydrogens (tertiary/aromatic N) is 1. The van der Waals surface area contributed by atoms with Gasteiger partial charge in [-0.15, -0.1) is 0 Å². The predicted octanol–water partition coefficient (Wildman–Crippen LogP) is 7.39. The number of rotatable bonds is 2. The molecule has 0 spiro atoms. The molecular weight excluding hydrogens is 396 g/mol.